The van der Waals surface area contributed by atoms with Crippen LogP contribution in [0.2, 0.25) is 0 Å². The number of nitrogens with zero attached hydrogens (tertiary/aromatic N) is 4. The number of benzene rings is 1. The van der Waals surface area contributed by atoms with Crippen molar-refractivity contribution in [3.05, 3.63) is 35.9 Å². The summed E-state index contributed by atoms with van der Waals surface area (Å²) in [7, 11) is 4.22. The van der Waals surface area contributed by atoms with Gasteiger partial charge < -0.3 is 14.9 Å². The fraction of sp³-hybridized carbons (Fsp3) is 0.625. The molecule has 0 unspecified atom stereocenters. The lowest BCUT2D eigenvalue weighted by Crippen LogP contribution is -2.57. The molecular formula is C24H32N4O3. The van der Waals surface area contributed by atoms with Gasteiger partial charge >= 0.3 is 12.0 Å². The van der Waals surface area contributed by atoms with E-state index >= 15 is 0 Å². The van der Waals surface area contributed by atoms with Gasteiger partial charge in [0, 0.05) is 18.6 Å². The van der Waals surface area contributed by atoms with Crippen LogP contribution in [0.1, 0.15) is 50.5 Å². The number of urea groups is 1. The van der Waals surface area contributed by atoms with Gasteiger partial charge in [0.05, 0.1) is 17.0 Å². The van der Waals surface area contributed by atoms with Gasteiger partial charge in [-0.05, 0) is 58.2 Å². The molecule has 1 aliphatic heterocycles. The quantitative estimate of drug-likeness (QED) is 0.757. The van der Waals surface area contributed by atoms with Gasteiger partial charge in [0.25, 0.3) is 0 Å². The first kappa shape index (κ1) is 21.6. The lowest BCUT2D eigenvalue weighted by atomic mass is 9.66. The second-order valence-electron chi connectivity index (χ2n) is 9.88. The molecule has 2 aliphatic carbocycles. The van der Waals surface area contributed by atoms with Crippen LogP contribution in [0, 0.1) is 16.7 Å². The third kappa shape index (κ3) is 3.57. The molecule has 3 aliphatic rings. The average Bonchev–Trinajstić information content (AvgIpc) is 2.96. The van der Waals surface area contributed by atoms with E-state index in [1.54, 1.807) is 0 Å². The van der Waals surface area contributed by atoms with Crippen molar-refractivity contribution in [2.75, 3.05) is 33.7 Å². The Morgan fingerprint density at radius 1 is 1.13 bits per heavy atom. The number of aliphatic carboxylic acids is 1. The number of rotatable bonds is 6. The molecule has 2 saturated carbocycles. The first-order valence-electron chi connectivity index (χ1n) is 11.2. The van der Waals surface area contributed by atoms with E-state index in [-0.39, 0.29) is 18.1 Å². The molecule has 1 heterocycles. The molecule has 3 fully saturated rings. The zero-order valence-electron chi connectivity index (χ0n) is 18.5. The number of carboxylic acids is 1. The molecule has 7 heteroatoms. The third-order valence-electron chi connectivity index (χ3n) is 8.07. The van der Waals surface area contributed by atoms with E-state index in [9.17, 15) is 20.0 Å². The lowest BCUT2D eigenvalue weighted by molar-refractivity contribution is -0.137. The fourth-order valence-corrected chi connectivity index (χ4v) is 5.91. The zero-order valence-corrected chi connectivity index (χ0v) is 18.5. The van der Waals surface area contributed by atoms with Gasteiger partial charge in [-0.25, -0.2) is 4.79 Å². The van der Waals surface area contributed by atoms with Crippen LogP contribution < -0.4 is 0 Å². The summed E-state index contributed by atoms with van der Waals surface area (Å²) in [4.78, 5) is 30.3. The highest BCUT2D eigenvalue weighted by atomic mass is 16.4. The summed E-state index contributed by atoms with van der Waals surface area (Å²) in [5.74, 6) is -0.994. The highest BCUT2D eigenvalue weighted by molar-refractivity contribution is 5.83. The minimum absolute atomic E-state index is 0.106. The molecule has 1 aromatic rings. The smallest absolute Gasteiger partial charge is 0.323 e. The Morgan fingerprint density at radius 2 is 1.77 bits per heavy atom. The normalized spacial score (nSPS) is 29.8. The standard InChI is InChI=1S/C24H32N4O3/c1-26(2)24(19-7-4-3-5-8-19)13-11-23(12-14-24)18-27(15-20(29)30)21(31)28(23)17-22(16-25)9-6-10-22/h3-5,7-8H,6,9-15,17-18H2,1-2H3,(H,29,30). The van der Waals surface area contributed by atoms with Crippen molar-refractivity contribution in [2.24, 2.45) is 5.41 Å². The number of carbonyl (C=O) groups excluding carboxylic acids is 1. The maximum absolute atomic E-state index is 13.3. The summed E-state index contributed by atoms with van der Waals surface area (Å²) in [6.45, 7) is 0.560. The first-order valence-corrected chi connectivity index (χ1v) is 11.2. The Hall–Kier alpha value is -2.59. The van der Waals surface area contributed by atoms with Crippen LogP contribution in [0.5, 0.6) is 0 Å². The SMILES string of the molecule is CN(C)C1(c2ccccc2)CCC2(CC1)CN(CC(=O)O)C(=O)N2CC1(C#N)CCC1. The molecule has 0 atom stereocenters. The van der Waals surface area contributed by atoms with E-state index < -0.39 is 16.9 Å². The van der Waals surface area contributed by atoms with Crippen molar-refractivity contribution in [1.82, 2.24) is 14.7 Å². The Labute approximate surface area is 184 Å². The van der Waals surface area contributed by atoms with Crippen molar-refractivity contribution in [3.8, 4) is 6.07 Å². The van der Waals surface area contributed by atoms with E-state index in [1.807, 2.05) is 11.0 Å². The molecule has 1 spiro atoms. The average molecular weight is 425 g/mol. The maximum atomic E-state index is 13.3. The molecule has 1 aromatic carbocycles. The molecule has 1 N–H and O–H groups in total. The van der Waals surface area contributed by atoms with Crippen LogP contribution in [0.25, 0.3) is 0 Å². The third-order valence-corrected chi connectivity index (χ3v) is 8.07. The summed E-state index contributed by atoms with van der Waals surface area (Å²) in [5.41, 5.74) is 0.295. The van der Waals surface area contributed by atoms with E-state index in [0.717, 1.165) is 44.9 Å². The Morgan fingerprint density at radius 3 is 2.26 bits per heavy atom. The van der Waals surface area contributed by atoms with Crippen molar-refractivity contribution >= 4 is 12.0 Å². The number of hydrogen-bond acceptors (Lipinski definition) is 4. The molecule has 1 saturated heterocycles. The van der Waals surface area contributed by atoms with Gasteiger partial charge in [-0.3, -0.25) is 9.69 Å². The first-order chi connectivity index (χ1) is 14.8. The van der Waals surface area contributed by atoms with Crippen molar-refractivity contribution < 1.29 is 14.7 Å². The number of carbonyl (C=O) groups is 2. The van der Waals surface area contributed by atoms with Crippen molar-refractivity contribution in [1.29, 1.82) is 5.26 Å². The molecular weight excluding hydrogens is 392 g/mol. The van der Waals surface area contributed by atoms with Gasteiger partial charge in [0.1, 0.15) is 6.54 Å². The summed E-state index contributed by atoms with van der Waals surface area (Å²) >= 11 is 0. The van der Waals surface area contributed by atoms with Gasteiger partial charge in [-0.2, -0.15) is 5.26 Å². The Bertz CT molecular complexity index is 880. The van der Waals surface area contributed by atoms with E-state index in [2.05, 4.69) is 49.3 Å². The molecule has 0 aromatic heterocycles. The minimum atomic E-state index is -0.994. The largest absolute Gasteiger partial charge is 0.480 e. The van der Waals surface area contributed by atoms with Gasteiger partial charge in [-0.1, -0.05) is 36.8 Å². The van der Waals surface area contributed by atoms with Crippen LogP contribution in [0.15, 0.2) is 30.3 Å². The highest BCUT2D eigenvalue weighted by Gasteiger charge is 2.56. The van der Waals surface area contributed by atoms with Crippen molar-refractivity contribution in [3.63, 3.8) is 0 Å². The van der Waals surface area contributed by atoms with E-state index in [1.165, 1.54) is 10.5 Å². The van der Waals surface area contributed by atoms with Crippen LogP contribution >= 0.6 is 0 Å². The summed E-state index contributed by atoms with van der Waals surface area (Å²) in [5, 5.41) is 19.1. The van der Waals surface area contributed by atoms with Crippen molar-refractivity contribution in [2.45, 2.75) is 56.0 Å². The predicted molar refractivity (Wildman–Crippen MR) is 116 cm³/mol. The number of nitriles is 1. The monoisotopic (exact) mass is 424 g/mol. The van der Waals surface area contributed by atoms with Crippen LogP contribution in [-0.2, 0) is 10.3 Å². The van der Waals surface area contributed by atoms with Crippen LogP contribution in [0.4, 0.5) is 4.79 Å². The van der Waals surface area contributed by atoms with E-state index in [0.29, 0.717) is 13.1 Å². The lowest BCUT2D eigenvalue weighted by Gasteiger charge is -2.52. The predicted octanol–water partition coefficient (Wildman–Crippen LogP) is 3.27. The topological polar surface area (TPSA) is 87.9 Å². The highest BCUT2D eigenvalue weighted by Crippen LogP contribution is 2.51. The van der Waals surface area contributed by atoms with Crippen LogP contribution in [-0.4, -0.2) is 71.1 Å². The van der Waals surface area contributed by atoms with Gasteiger partial charge in [0.15, 0.2) is 0 Å². The summed E-state index contributed by atoms with van der Waals surface area (Å²) < 4.78 is 0. The Balaban J connectivity index is 1.63. The zero-order chi connectivity index (χ0) is 22.3. The summed E-state index contributed by atoms with van der Waals surface area (Å²) in [6.07, 6.45) is 6.00. The molecule has 0 radical (unpaired) electrons. The number of hydrogen-bond donors (Lipinski definition) is 1. The second-order valence-corrected chi connectivity index (χ2v) is 9.88. The van der Waals surface area contributed by atoms with Gasteiger partial charge in [-0.15, -0.1) is 0 Å². The summed E-state index contributed by atoms with van der Waals surface area (Å²) in [6, 6.07) is 12.7. The molecule has 7 nitrogen and oxygen atoms in total. The molecule has 166 valence electrons. The van der Waals surface area contributed by atoms with Gasteiger partial charge in [0.2, 0.25) is 0 Å². The fourth-order valence-electron chi connectivity index (χ4n) is 5.91. The Kier molecular flexibility index (Phi) is 5.47. The van der Waals surface area contributed by atoms with Crippen LogP contribution in [0.3, 0.4) is 0 Å². The molecule has 0 bridgehead atoms. The number of carboxylic acid groups (broad SMARTS) is 1. The molecule has 4 rings (SSSR count). The number of amides is 2. The van der Waals surface area contributed by atoms with E-state index in [4.69, 9.17) is 0 Å². The minimum Gasteiger partial charge on any atom is -0.480 e. The second kappa shape index (κ2) is 7.83. The molecule has 31 heavy (non-hydrogen) atoms. The molecule has 2 amide bonds. The maximum Gasteiger partial charge on any atom is 0.323 e.